The third kappa shape index (κ3) is 4.44. The summed E-state index contributed by atoms with van der Waals surface area (Å²) in [4.78, 5) is 25.5. The van der Waals surface area contributed by atoms with Crippen LogP contribution in [0.1, 0.15) is 16.8 Å². The van der Waals surface area contributed by atoms with Gasteiger partial charge in [-0.3, -0.25) is 9.59 Å². The number of hydrogen-bond acceptors (Lipinski definition) is 5. The molecule has 1 N–H and O–H groups in total. The van der Waals surface area contributed by atoms with E-state index in [4.69, 9.17) is 4.74 Å². The maximum absolute atomic E-state index is 12.1. The molecule has 1 fully saturated rings. The van der Waals surface area contributed by atoms with Gasteiger partial charge in [0.25, 0.3) is 5.91 Å². The van der Waals surface area contributed by atoms with Crippen LogP contribution in [-0.4, -0.2) is 63.4 Å². The Hall–Kier alpha value is -2.09. The van der Waals surface area contributed by atoms with Gasteiger partial charge >= 0.3 is 0 Å². The van der Waals surface area contributed by atoms with Crippen LogP contribution in [0.25, 0.3) is 0 Å². The lowest BCUT2D eigenvalue weighted by Crippen LogP contribution is -2.43. The standard InChI is InChI=1S/C15H20N2O5S/c1-17(12-7-8-23(20,21)10-12)14(18)9-16-15(19)11-3-5-13(22-2)6-4-11/h3-6,12H,7-10H2,1-2H3,(H,16,19). The maximum atomic E-state index is 12.1. The SMILES string of the molecule is COc1ccc(C(=O)NCC(=O)N(C)C2CCS(=O)(=O)C2)cc1. The molecule has 1 aliphatic heterocycles. The second-order valence-electron chi connectivity index (χ2n) is 5.47. The zero-order valence-electron chi connectivity index (χ0n) is 13.1. The molecule has 0 spiro atoms. The lowest BCUT2D eigenvalue weighted by atomic mass is 10.2. The largest absolute Gasteiger partial charge is 0.497 e. The zero-order valence-corrected chi connectivity index (χ0v) is 13.9. The van der Waals surface area contributed by atoms with Crippen LogP contribution >= 0.6 is 0 Å². The number of ether oxygens (including phenoxy) is 1. The quantitative estimate of drug-likeness (QED) is 0.819. The van der Waals surface area contributed by atoms with E-state index in [1.807, 2.05) is 0 Å². The summed E-state index contributed by atoms with van der Waals surface area (Å²) in [5, 5.41) is 2.54. The molecule has 1 heterocycles. The highest BCUT2D eigenvalue weighted by Gasteiger charge is 2.32. The Bertz CT molecular complexity index is 684. The molecule has 23 heavy (non-hydrogen) atoms. The predicted octanol–water partition coefficient (Wildman–Crippen LogP) is 0.0705. The van der Waals surface area contributed by atoms with Crippen molar-refractivity contribution in [1.82, 2.24) is 10.2 Å². The fourth-order valence-electron chi connectivity index (χ4n) is 2.41. The Morgan fingerprint density at radius 1 is 1.30 bits per heavy atom. The number of amides is 2. The van der Waals surface area contributed by atoms with Crippen LogP contribution < -0.4 is 10.1 Å². The van der Waals surface area contributed by atoms with Crippen molar-refractivity contribution >= 4 is 21.7 Å². The van der Waals surface area contributed by atoms with Crippen LogP contribution in [0.15, 0.2) is 24.3 Å². The first kappa shape index (κ1) is 17.3. The van der Waals surface area contributed by atoms with Crippen LogP contribution in [-0.2, 0) is 14.6 Å². The molecule has 2 rings (SSSR count). The smallest absolute Gasteiger partial charge is 0.251 e. The second-order valence-corrected chi connectivity index (χ2v) is 7.70. The van der Waals surface area contributed by atoms with Crippen molar-refractivity contribution in [2.75, 3.05) is 32.2 Å². The summed E-state index contributed by atoms with van der Waals surface area (Å²) in [7, 11) is 0.0494. The minimum atomic E-state index is -3.05. The minimum Gasteiger partial charge on any atom is -0.497 e. The van der Waals surface area contributed by atoms with E-state index in [2.05, 4.69) is 5.32 Å². The Kier molecular flexibility index (Phi) is 5.25. The fourth-order valence-corrected chi connectivity index (χ4v) is 4.18. The van der Waals surface area contributed by atoms with Gasteiger partial charge in [0.15, 0.2) is 9.84 Å². The molecule has 0 aliphatic carbocycles. The van der Waals surface area contributed by atoms with Gasteiger partial charge in [0, 0.05) is 18.7 Å². The van der Waals surface area contributed by atoms with E-state index in [0.717, 1.165) is 0 Å². The van der Waals surface area contributed by atoms with Gasteiger partial charge in [-0.05, 0) is 30.7 Å². The van der Waals surface area contributed by atoms with E-state index < -0.39 is 9.84 Å². The van der Waals surface area contributed by atoms with Crippen molar-refractivity contribution in [3.05, 3.63) is 29.8 Å². The van der Waals surface area contributed by atoms with Crippen molar-refractivity contribution < 1.29 is 22.7 Å². The van der Waals surface area contributed by atoms with Crippen molar-refractivity contribution in [1.29, 1.82) is 0 Å². The summed E-state index contributed by atoms with van der Waals surface area (Å²) < 4.78 is 27.9. The van der Waals surface area contributed by atoms with E-state index in [-0.39, 0.29) is 35.9 Å². The zero-order chi connectivity index (χ0) is 17.0. The van der Waals surface area contributed by atoms with E-state index in [9.17, 15) is 18.0 Å². The molecule has 1 aliphatic rings. The number of carbonyl (C=O) groups excluding carboxylic acids is 2. The van der Waals surface area contributed by atoms with E-state index in [1.54, 1.807) is 31.3 Å². The fraction of sp³-hybridized carbons (Fsp3) is 0.467. The van der Waals surface area contributed by atoms with Gasteiger partial charge in [-0.25, -0.2) is 8.42 Å². The Labute approximate surface area is 135 Å². The molecule has 1 aromatic carbocycles. The number of rotatable bonds is 5. The third-order valence-electron chi connectivity index (χ3n) is 3.90. The lowest BCUT2D eigenvalue weighted by Gasteiger charge is -2.23. The van der Waals surface area contributed by atoms with Crippen molar-refractivity contribution in [2.45, 2.75) is 12.5 Å². The van der Waals surface area contributed by atoms with E-state index in [1.165, 1.54) is 12.0 Å². The highest BCUT2D eigenvalue weighted by Crippen LogP contribution is 2.16. The number of hydrogen-bond donors (Lipinski definition) is 1. The molecule has 1 atom stereocenters. The number of sulfone groups is 1. The first-order chi connectivity index (χ1) is 10.8. The van der Waals surface area contributed by atoms with Crippen LogP contribution in [0, 0.1) is 0 Å². The summed E-state index contributed by atoms with van der Waals surface area (Å²) in [6.45, 7) is -0.169. The highest BCUT2D eigenvalue weighted by atomic mass is 32.2. The average molecular weight is 340 g/mol. The molecule has 1 saturated heterocycles. The Balaban J connectivity index is 1.86. The molecule has 8 heteroatoms. The van der Waals surface area contributed by atoms with Crippen LogP contribution in [0.5, 0.6) is 5.75 Å². The number of benzene rings is 1. The number of nitrogens with zero attached hydrogens (tertiary/aromatic N) is 1. The number of methoxy groups -OCH3 is 1. The van der Waals surface area contributed by atoms with Crippen molar-refractivity contribution in [2.24, 2.45) is 0 Å². The monoisotopic (exact) mass is 340 g/mol. The van der Waals surface area contributed by atoms with Gasteiger partial charge in [-0.2, -0.15) is 0 Å². The van der Waals surface area contributed by atoms with Crippen LogP contribution in [0.4, 0.5) is 0 Å². The summed E-state index contributed by atoms with van der Waals surface area (Å²) in [5.74, 6) is 0.0528. The van der Waals surface area contributed by atoms with Crippen molar-refractivity contribution in [3.8, 4) is 5.75 Å². The predicted molar refractivity (Wildman–Crippen MR) is 85.2 cm³/mol. The molecule has 7 nitrogen and oxygen atoms in total. The van der Waals surface area contributed by atoms with Crippen LogP contribution in [0.2, 0.25) is 0 Å². The maximum Gasteiger partial charge on any atom is 0.251 e. The molecule has 1 unspecified atom stereocenters. The minimum absolute atomic E-state index is 0.0122. The molecule has 0 radical (unpaired) electrons. The van der Waals surface area contributed by atoms with Crippen molar-refractivity contribution in [3.63, 3.8) is 0 Å². The Morgan fingerprint density at radius 2 is 1.96 bits per heavy atom. The molecule has 0 aromatic heterocycles. The van der Waals surface area contributed by atoms with Gasteiger partial charge in [0.2, 0.25) is 5.91 Å². The second kappa shape index (κ2) is 6.99. The molecular formula is C15H20N2O5S. The average Bonchev–Trinajstić information content (AvgIpc) is 2.91. The van der Waals surface area contributed by atoms with Gasteiger partial charge in [0.1, 0.15) is 5.75 Å². The third-order valence-corrected chi connectivity index (χ3v) is 5.65. The normalized spacial score (nSPS) is 19.1. The van der Waals surface area contributed by atoms with Crippen LogP contribution in [0.3, 0.4) is 0 Å². The molecular weight excluding hydrogens is 320 g/mol. The number of likely N-dealkylation sites (N-methyl/N-ethyl adjacent to an activating group) is 1. The van der Waals surface area contributed by atoms with Gasteiger partial charge < -0.3 is 15.0 Å². The molecule has 2 amide bonds. The molecule has 126 valence electrons. The topological polar surface area (TPSA) is 92.8 Å². The van der Waals surface area contributed by atoms with E-state index >= 15 is 0 Å². The Morgan fingerprint density at radius 3 is 2.48 bits per heavy atom. The molecule has 0 saturated carbocycles. The van der Waals surface area contributed by atoms with E-state index in [0.29, 0.717) is 17.7 Å². The molecule has 0 bridgehead atoms. The first-order valence-corrected chi connectivity index (χ1v) is 9.03. The number of nitrogens with one attached hydrogen (secondary N) is 1. The summed E-state index contributed by atoms with van der Waals surface area (Å²) in [6, 6.07) is 6.21. The van der Waals surface area contributed by atoms with Gasteiger partial charge in [0.05, 0.1) is 25.2 Å². The van der Waals surface area contributed by atoms with Gasteiger partial charge in [-0.1, -0.05) is 0 Å². The molecule has 1 aromatic rings. The summed E-state index contributed by atoms with van der Waals surface area (Å²) >= 11 is 0. The number of carbonyl (C=O) groups is 2. The lowest BCUT2D eigenvalue weighted by molar-refractivity contribution is -0.130. The highest BCUT2D eigenvalue weighted by molar-refractivity contribution is 7.91. The summed E-state index contributed by atoms with van der Waals surface area (Å²) in [5.41, 5.74) is 0.421. The van der Waals surface area contributed by atoms with Gasteiger partial charge in [-0.15, -0.1) is 0 Å². The first-order valence-electron chi connectivity index (χ1n) is 7.21. The summed E-state index contributed by atoms with van der Waals surface area (Å²) in [6.07, 6.45) is 0.441.